The average Bonchev–Trinajstić information content (AvgIpc) is 2.05. The molecular formula is C9H22N2. The molecule has 2 nitrogen and oxygen atoms in total. The van der Waals surface area contributed by atoms with Crippen LogP contribution in [-0.2, 0) is 0 Å². The zero-order valence-electron chi connectivity index (χ0n) is 8.97. The van der Waals surface area contributed by atoms with Crippen LogP contribution in [0.5, 0.6) is 0 Å². The van der Waals surface area contributed by atoms with E-state index in [1.54, 1.807) is 0 Å². The van der Waals surface area contributed by atoms with Crippen LogP contribution >= 0.6 is 0 Å². The summed E-state index contributed by atoms with van der Waals surface area (Å²) in [6, 6.07) is 0.550. The van der Waals surface area contributed by atoms with Crippen molar-refractivity contribution >= 4 is 5.84 Å². The van der Waals surface area contributed by atoms with Crippen molar-refractivity contribution in [1.29, 1.82) is 0 Å². The Balaban J connectivity index is 0. The van der Waals surface area contributed by atoms with Crippen LogP contribution < -0.4 is 0 Å². The molecule has 0 rings (SSSR count). The van der Waals surface area contributed by atoms with Gasteiger partial charge < -0.3 is 4.90 Å². The fourth-order valence-electron chi connectivity index (χ4n) is 0.531. The number of rotatable bonds is 1. The van der Waals surface area contributed by atoms with E-state index in [-0.39, 0.29) is 0 Å². The minimum atomic E-state index is 0.550. The molecule has 0 fully saturated rings. The van der Waals surface area contributed by atoms with Crippen LogP contribution in [0.3, 0.4) is 0 Å². The van der Waals surface area contributed by atoms with Crippen LogP contribution in [0.2, 0.25) is 0 Å². The van der Waals surface area contributed by atoms with Gasteiger partial charge >= 0.3 is 0 Å². The SMILES string of the molecule is CC.CN=C(C)N(C)C(C)C. The molecule has 0 aromatic heterocycles. The molecule has 0 aliphatic rings. The van der Waals surface area contributed by atoms with Gasteiger partial charge in [0.25, 0.3) is 0 Å². The molecule has 0 radical (unpaired) electrons. The van der Waals surface area contributed by atoms with E-state index in [2.05, 4.69) is 23.7 Å². The molecule has 0 aliphatic heterocycles. The third-order valence-electron chi connectivity index (χ3n) is 1.61. The van der Waals surface area contributed by atoms with Crippen LogP contribution in [-0.4, -0.2) is 30.9 Å². The summed E-state index contributed by atoms with van der Waals surface area (Å²) in [4.78, 5) is 6.19. The first-order valence-electron chi connectivity index (χ1n) is 4.25. The molecule has 0 aromatic carbocycles. The topological polar surface area (TPSA) is 15.6 Å². The molecular weight excluding hydrogens is 136 g/mol. The number of amidine groups is 1. The second-order valence-corrected chi connectivity index (χ2v) is 2.48. The Kier molecular flexibility index (Phi) is 9.01. The van der Waals surface area contributed by atoms with Gasteiger partial charge in [0.15, 0.2) is 0 Å². The maximum atomic E-state index is 4.05. The Morgan fingerprint density at radius 1 is 1.27 bits per heavy atom. The Morgan fingerprint density at radius 3 is 1.73 bits per heavy atom. The molecule has 0 aliphatic carbocycles. The van der Waals surface area contributed by atoms with Gasteiger partial charge in [0.2, 0.25) is 0 Å². The van der Waals surface area contributed by atoms with Gasteiger partial charge in [-0.1, -0.05) is 13.8 Å². The predicted molar refractivity (Wildman–Crippen MR) is 53.3 cm³/mol. The van der Waals surface area contributed by atoms with Crippen LogP contribution in [0.25, 0.3) is 0 Å². The summed E-state index contributed by atoms with van der Waals surface area (Å²) in [5, 5.41) is 0. The molecule has 0 spiro atoms. The molecule has 0 saturated heterocycles. The molecule has 0 N–H and O–H groups in total. The largest absolute Gasteiger partial charge is 0.361 e. The van der Waals surface area contributed by atoms with Gasteiger partial charge in [-0.3, -0.25) is 4.99 Å². The van der Waals surface area contributed by atoms with E-state index in [4.69, 9.17) is 0 Å². The van der Waals surface area contributed by atoms with Gasteiger partial charge in [-0.15, -0.1) is 0 Å². The summed E-state index contributed by atoms with van der Waals surface area (Å²) in [5.41, 5.74) is 0. The second-order valence-electron chi connectivity index (χ2n) is 2.48. The van der Waals surface area contributed by atoms with Crippen molar-refractivity contribution in [3.63, 3.8) is 0 Å². The van der Waals surface area contributed by atoms with E-state index in [9.17, 15) is 0 Å². The Bertz CT molecular complexity index is 106. The number of nitrogens with zero attached hydrogens (tertiary/aromatic N) is 2. The van der Waals surface area contributed by atoms with Crippen molar-refractivity contribution < 1.29 is 0 Å². The highest BCUT2D eigenvalue weighted by Gasteiger charge is 2.01. The fourth-order valence-corrected chi connectivity index (χ4v) is 0.531. The zero-order chi connectivity index (χ0) is 9.44. The van der Waals surface area contributed by atoms with Gasteiger partial charge in [0.05, 0.1) is 5.84 Å². The van der Waals surface area contributed by atoms with Crippen LogP contribution in [0, 0.1) is 0 Å². The lowest BCUT2D eigenvalue weighted by atomic mass is 10.3. The summed E-state index contributed by atoms with van der Waals surface area (Å²) in [7, 11) is 3.86. The summed E-state index contributed by atoms with van der Waals surface area (Å²) >= 11 is 0. The van der Waals surface area contributed by atoms with Crippen molar-refractivity contribution in [3.8, 4) is 0 Å². The molecule has 0 saturated carbocycles. The Hall–Kier alpha value is -0.530. The first-order valence-corrected chi connectivity index (χ1v) is 4.25. The van der Waals surface area contributed by atoms with Gasteiger partial charge in [-0.2, -0.15) is 0 Å². The van der Waals surface area contributed by atoms with Crippen molar-refractivity contribution in [2.75, 3.05) is 14.1 Å². The lowest BCUT2D eigenvalue weighted by Gasteiger charge is -2.22. The number of aliphatic imine (C=N–C) groups is 1. The van der Waals surface area contributed by atoms with Crippen molar-refractivity contribution in [2.24, 2.45) is 4.99 Å². The molecule has 11 heavy (non-hydrogen) atoms. The monoisotopic (exact) mass is 158 g/mol. The first kappa shape index (κ1) is 13.1. The van der Waals surface area contributed by atoms with Crippen molar-refractivity contribution in [1.82, 2.24) is 4.90 Å². The zero-order valence-corrected chi connectivity index (χ0v) is 8.97. The third-order valence-corrected chi connectivity index (χ3v) is 1.61. The fraction of sp³-hybridized carbons (Fsp3) is 0.889. The van der Waals surface area contributed by atoms with Gasteiger partial charge in [0, 0.05) is 20.1 Å². The lowest BCUT2D eigenvalue weighted by Crippen LogP contribution is -2.30. The first-order chi connectivity index (χ1) is 5.09. The van der Waals surface area contributed by atoms with E-state index in [1.807, 2.05) is 34.9 Å². The van der Waals surface area contributed by atoms with Crippen molar-refractivity contribution in [3.05, 3.63) is 0 Å². The lowest BCUT2D eigenvalue weighted by molar-refractivity contribution is 0.414. The summed E-state index contributed by atoms with van der Waals surface area (Å²) in [6.07, 6.45) is 0. The minimum absolute atomic E-state index is 0.550. The molecule has 68 valence electrons. The normalized spacial score (nSPS) is 10.7. The third kappa shape index (κ3) is 5.89. The summed E-state index contributed by atoms with van der Waals surface area (Å²) < 4.78 is 0. The van der Waals surface area contributed by atoms with Gasteiger partial charge in [-0.05, 0) is 20.8 Å². The van der Waals surface area contributed by atoms with E-state index in [1.165, 1.54) is 0 Å². The molecule has 0 amide bonds. The van der Waals surface area contributed by atoms with Crippen LogP contribution in [0.1, 0.15) is 34.6 Å². The maximum absolute atomic E-state index is 4.05. The highest BCUT2D eigenvalue weighted by molar-refractivity contribution is 5.79. The maximum Gasteiger partial charge on any atom is 0.0953 e. The van der Waals surface area contributed by atoms with E-state index in [0.29, 0.717) is 6.04 Å². The van der Waals surface area contributed by atoms with E-state index in [0.717, 1.165) is 5.84 Å². The standard InChI is InChI=1S/C7H16N2.C2H6/c1-6(2)9(5)7(3)8-4;1-2/h6H,1-5H3;1-2H3. The van der Waals surface area contributed by atoms with Crippen LogP contribution in [0.4, 0.5) is 0 Å². The predicted octanol–water partition coefficient (Wildman–Crippen LogP) is 2.40. The average molecular weight is 158 g/mol. The van der Waals surface area contributed by atoms with E-state index >= 15 is 0 Å². The van der Waals surface area contributed by atoms with Crippen LogP contribution in [0.15, 0.2) is 4.99 Å². The summed E-state index contributed by atoms with van der Waals surface area (Å²) in [6.45, 7) is 10.3. The van der Waals surface area contributed by atoms with Crippen molar-refractivity contribution in [2.45, 2.75) is 40.7 Å². The highest BCUT2D eigenvalue weighted by atomic mass is 15.2. The Labute approximate surface area is 71.3 Å². The number of hydrogen-bond donors (Lipinski definition) is 0. The molecule has 0 unspecified atom stereocenters. The molecule has 0 heterocycles. The summed E-state index contributed by atoms with van der Waals surface area (Å²) in [5.74, 6) is 1.09. The smallest absolute Gasteiger partial charge is 0.0953 e. The van der Waals surface area contributed by atoms with Gasteiger partial charge in [0.1, 0.15) is 0 Å². The quantitative estimate of drug-likeness (QED) is 0.422. The number of hydrogen-bond acceptors (Lipinski definition) is 1. The molecule has 0 atom stereocenters. The molecule has 0 bridgehead atoms. The molecule has 0 aromatic rings. The Morgan fingerprint density at radius 2 is 1.64 bits per heavy atom. The van der Waals surface area contributed by atoms with Gasteiger partial charge in [-0.25, -0.2) is 0 Å². The minimum Gasteiger partial charge on any atom is -0.361 e. The highest BCUT2D eigenvalue weighted by Crippen LogP contribution is 1.93. The molecule has 2 heteroatoms. The van der Waals surface area contributed by atoms with E-state index < -0.39 is 0 Å². The second kappa shape index (κ2) is 7.58.